The maximum absolute atomic E-state index is 5.79. The van der Waals surface area contributed by atoms with Gasteiger partial charge in [0, 0.05) is 19.3 Å². The van der Waals surface area contributed by atoms with Gasteiger partial charge in [-0.3, -0.25) is 4.90 Å². The lowest BCUT2D eigenvalue weighted by Gasteiger charge is -2.31. The van der Waals surface area contributed by atoms with E-state index >= 15 is 0 Å². The monoisotopic (exact) mass is 270 g/mol. The molecule has 2 aromatic rings. The fourth-order valence-corrected chi connectivity index (χ4v) is 2.89. The molecule has 0 radical (unpaired) electrons. The predicted octanol–water partition coefficient (Wildman–Crippen LogP) is 2.04. The molecule has 1 saturated heterocycles. The lowest BCUT2D eigenvalue weighted by molar-refractivity contribution is 0.169. The molecule has 4 heteroatoms. The predicted molar refractivity (Wildman–Crippen MR) is 80.6 cm³/mol. The van der Waals surface area contributed by atoms with Crippen LogP contribution in [0.3, 0.4) is 0 Å². The molecule has 1 unspecified atom stereocenters. The van der Waals surface area contributed by atoms with E-state index in [9.17, 15) is 0 Å². The summed E-state index contributed by atoms with van der Waals surface area (Å²) in [7, 11) is 0. The van der Waals surface area contributed by atoms with E-state index in [1.807, 2.05) is 29.1 Å². The van der Waals surface area contributed by atoms with Gasteiger partial charge < -0.3 is 5.73 Å². The largest absolute Gasteiger partial charge is 0.330 e. The van der Waals surface area contributed by atoms with Gasteiger partial charge in [-0.05, 0) is 50.0 Å². The van der Waals surface area contributed by atoms with Crippen molar-refractivity contribution in [3.05, 3.63) is 48.3 Å². The summed E-state index contributed by atoms with van der Waals surface area (Å²) in [5, 5.41) is 4.67. The van der Waals surface area contributed by atoms with Gasteiger partial charge in [0.2, 0.25) is 0 Å². The first kappa shape index (κ1) is 13.3. The van der Waals surface area contributed by atoms with E-state index in [2.05, 4.69) is 28.2 Å². The van der Waals surface area contributed by atoms with Crippen molar-refractivity contribution in [3.63, 3.8) is 0 Å². The SMILES string of the molecule is NCC1CCCN(Cc2ccn(-c3ccccc3)n2)C1. The highest BCUT2D eigenvalue weighted by atomic mass is 15.3. The molecule has 1 aromatic carbocycles. The minimum atomic E-state index is 0.653. The van der Waals surface area contributed by atoms with Gasteiger partial charge in [0.1, 0.15) is 0 Å². The lowest BCUT2D eigenvalue weighted by atomic mass is 9.98. The Balaban J connectivity index is 1.65. The van der Waals surface area contributed by atoms with Crippen LogP contribution in [-0.4, -0.2) is 34.3 Å². The second-order valence-electron chi connectivity index (χ2n) is 5.57. The number of benzene rings is 1. The number of nitrogens with two attached hydrogens (primary N) is 1. The van der Waals surface area contributed by atoms with Crippen LogP contribution in [0.4, 0.5) is 0 Å². The van der Waals surface area contributed by atoms with Crippen LogP contribution < -0.4 is 5.73 Å². The van der Waals surface area contributed by atoms with Crippen LogP contribution >= 0.6 is 0 Å². The number of nitrogens with zero attached hydrogens (tertiary/aromatic N) is 3. The zero-order chi connectivity index (χ0) is 13.8. The van der Waals surface area contributed by atoms with Crippen LogP contribution in [0.1, 0.15) is 18.5 Å². The van der Waals surface area contributed by atoms with E-state index < -0.39 is 0 Å². The summed E-state index contributed by atoms with van der Waals surface area (Å²) in [5.41, 5.74) is 8.03. The Bertz CT molecular complexity index is 534. The minimum Gasteiger partial charge on any atom is -0.330 e. The van der Waals surface area contributed by atoms with Crippen molar-refractivity contribution in [3.8, 4) is 5.69 Å². The second kappa shape index (κ2) is 6.20. The lowest BCUT2D eigenvalue weighted by Crippen LogP contribution is -2.37. The zero-order valence-electron chi connectivity index (χ0n) is 11.8. The second-order valence-corrected chi connectivity index (χ2v) is 5.57. The van der Waals surface area contributed by atoms with Gasteiger partial charge in [-0.1, -0.05) is 18.2 Å². The molecule has 1 aliphatic rings. The Morgan fingerprint density at radius 2 is 2.05 bits per heavy atom. The van der Waals surface area contributed by atoms with Crippen LogP contribution in [0.25, 0.3) is 5.69 Å². The third-order valence-corrected chi connectivity index (χ3v) is 3.99. The average molecular weight is 270 g/mol. The van der Waals surface area contributed by atoms with Crippen molar-refractivity contribution >= 4 is 0 Å². The normalized spacial score (nSPS) is 20.1. The third kappa shape index (κ3) is 3.08. The summed E-state index contributed by atoms with van der Waals surface area (Å²) in [5.74, 6) is 0.653. The first-order valence-electron chi connectivity index (χ1n) is 7.37. The molecule has 0 aliphatic carbocycles. The standard InChI is InChI=1S/C16H22N4/c17-11-14-5-4-9-19(12-14)13-15-8-10-20(18-15)16-6-2-1-3-7-16/h1-3,6-8,10,14H,4-5,9,11-13,17H2. The highest BCUT2D eigenvalue weighted by Crippen LogP contribution is 2.17. The Morgan fingerprint density at radius 1 is 1.20 bits per heavy atom. The summed E-state index contributed by atoms with van der Waals surface area (Å²) >= 11 is 0. The van der Waals surface area contributed by atoms with Crippen LogP contribution in [-0.2, 0) is 6.54 Å². The van der Waals surface area contributed by atoms with Gasteiger partial charge in [-0.15, -0.1) is 0 Å². The molecule has 1 atom stereocenters. The Hall–Kier alpha value is -1.65. The van der Waals surface area contributed by atoms with E-state index in [0.29, 0.717) is 5.92 Å². The topological polar surface area (TPSA) is 47.1 Å². The van der Waals surface area contributed by atoms with Gasteiger partial charge >= 0.3 is 0 Å². The first-order valence-corrected chi connectivity index (χ1v) is 7.37. The molecular weight excluding hydrogens is 248 g/mol. The van der Waals surface area contributed by atoms with Gasteiger partial charge in [0.25, 0.3) is 0 Å². The number of para-hydroxylation sites is 1. The number of hydrogen-bond donors (Lipinski definition) is 1. The molecule has 1 aromatic heterocycles. The van der Waals surface area contributed by atoms with Gasteiger partial charge in [-0.2, -0.15) is 5.10 Å². The van der Waals surface area contributed by atoms with E-state index in [1.54, 1.807) is 0 Å². The number of hydrogen-bond acceptors (Lipinski definition) is 3. The fraction of sp³-hybridized carbons (Fsp3) is 0.438. The van der Waals surface area contributed by atoms with E-state index in [-0.39, 0.29) is 0 Å². The van der Waals surface area contributed by atoms with Crippen molar-refractivity contribution < 1.29 is 0 Å². The van der Waals surface area contributed by atoms with Gasteiger partial charge in [0.05, 0.1) is 11.4 Å². The molecule has 0 amide bonds. The summed E-state index contributed by atoms with van der Waals surface area (Å²) in [6.45, 7) is 3.99. The number of piperidine rings is 1. The Morgan fingerprint density at radius 3 is 2.85 bits per heavy atom. The minimum absolute atomic E-state index is 0.653. The van der Waals surface area contributed by atoms with Crippen molar-refractivity contribution in [1.82, 2.24) is 14.7 Å². The molecule has 4 nitrogen and oxygen atoms in total. The number of aromatic nitrogens is 2. The highest BCUT2D eigenvalue weighted by Gasteiger charge is 2.19. The molecule has 1 fully saturated rings. The summed E-state index contributed by atoms with van der Waals surface area (Å²) in [6.07, 6.45) is 4.56. The van der Waals surface area contributed by atoms with Crippen LogP contribution in [0.15, 0.2) is 42.6 Å². The molecule has 0 bridgehead atoms. The molecule has 106 valence electrons. The molecule has 2 N–H and O–H groups in total. The number of likely N-dealkylation sites (tertiary alicyclic amines) is 1. The summed E-state index contributed by atoms with van der Waals surface area (Å²) in [6, 6.07) is 12.3. The highest BCUT2D eigenvalue weighted by molar-refractivity contribution is 5.30. The molecule has 0 saturated carbocycles. The van der Waals surface area contributed by atoms with E-state index in [1.165, 1.54) is 12.8 Å². The van der Waals surface area contributed by atoms with Crippen molar-refractivity contribution in [2.45, 2.75) is 19.4 Å². The fourth-order valence-electron chi connectivity index (χ4n) is 2.89. The molecule has 20 heavy (non-hydrogen) atoms. The molecule has 3 rings (SSSR count). The molecule has 0 spiro atoms. The van der Waals surface area contributed by atoms with Crippen molar-refractivity contribution in [2.75, 3.05) is 19.6 Å². The first-order chi connectivity index (χ1) is 9.85. The van der Waals surface area contributed by atoms with Crippen molar-refractivity contribution in [2.24, 2.45) is 11.7 Å². The third-order valence-electron chi connectivity index (χ3n) is 3.99. The van der Waals surface area contributed by atoms with Gasteiger partial charge in [0.15, 0.2) is 0 Å². The van der Waals surface area contributed by atoms with Crippen LogP contribution in [0.5, 0.6) is 0 Å². The van der Waals surface area contributed by atoms with Crippen LogP contribution in [0, 0.1) is 5.92 Å². The Labute approximate surface area is 120 Å². The van der Waals surface area contributed by atoms with E-state index in [0.717, 1.165) is 37.6 Å². The zero-order valence-corrected chi connectivity index (χ0v) is 11.8. The van der Waals surface area contributed by atoms with Crippen molar-refractivity contribution in [1.29, 1.82) is 0 Å². The molecular formula is C16H22N4. The Kier molecular flexibility index (Phi) is 4.14. The van der Waals surface area contributed by atoms with E-state index in [4.69, 9.17) is 5.73 Å². The molecule has 2 heterocycles. The molecule has 1 aliphatic heterocycles. The number of rotatable bonds is 4. The smallest absolute Gasteiger partial charge is 0.0769 e. The van der Waals surface area contributed by atoms with Gasteiger partial charge in [-0.25, -0.2) is 4.68 Å². The maximum Gasteiger partial charge on any atom is 0.0769 e. The summed E-state index contributed by atoms with van der Waals surface area (Å²) in [4.78, 5) is 2.47. The van der Waals surface area contributed by atoms with Crippen LogP contribution in [0.2, 0.25) is 0 Å². The summed E-state index contributed by atoms with van der Waals surface area (Å²) < 4.78 is 1.94. The maximum atomic E-state index is 5.79. The average Bonchev–Trinajstić information content (AvgIpc) is 2.97. The quantitative estimate of drug-likeness (QED) is 0.925.